The van der Waals surface area contributed by atoms with Gasteiger partial charge in [-0.1, -0.05) is 30.3 Å². The summed E-state index contributed by atoms with van der Waals surface area (Å²) in [6.45, 7) is 3.41. The summed E-state index contributed by atoms with van der Waals surface area (Å²) in [5.74, 6) is 0.257. The van der Waals surface area contributed by atoms with E-state index in [0.717, 1.165) is 16.6 Å². The van der Waals surface area contributed by atoms with Crippen molar-refractivity contribution in [3.05, 3.63) is 54.3 Å². The molecule has 3 aliphatic heterocycles. The Bertz CT molecular complexity index is 800. The van der Waals surface area contributed by atoms with Crippen molar-refractivity contribution in [2.75, 3.05) is 32.0 Å². The molecule has 5 rings (SSSR count). The first-order valence-corrected chi connectivity index (χ1v) is 9.28. The first kappa shape index (κ1) is 17.0. The van der Waals surface area contributed by atoms with Crippen LogP contribution in [0.1, 0.15) is 12.8 Å². The van der Waals surface area contributed by atoms with Crippen molar-refractivity contribution in [2.24, 2.45) is 5.92 Å². The van der Waals surface area contributed by atoms with Gasteiger partial charge in [-0.3, -0.25) is 0 Å². The predicted octanol–water partition coefficient (Wildman–Crippen LogP) is 3.85. The van der Waals surface area contributed by atoms with Crippen LogP contribution in [0.25, 0.3) is 11.1 Å². The van der Waals surface area contributed by atoms with Gasteiger partial charge in [-0.15, -0.1) is 0 Å². The molecule has 1 atom stereocenters. The van der Waals surface area contributed by atoms with Gasteiger partial charge in [0.25, 0.3) is 0 Å². The van der Waals surface area contributed by atoms with Gasteiger partial charge in [0.1, 0.15) is 5.82 Å². The van der Waals surface area contributed by atoms with Crippen LogP contribution in [-0.2, 0) is 0 Å². The first-order valence-electron chi connectivity index (χ1n) is 9.28. The average molecular weight is 354 g/mol. The molecule has 0 unspecified atom stereocenters. The summed E-state index contributed by atoms with van der Waals surface area (Å²) in [5.41, 5.74) is 2.19. The monoisotopic (exact) mass is 354 g/mol. The summed E-state index contributed by atoms with van der Waals surface area (Å²) in [5, 5.41) is 6.09. The van der Waals surface area contributed by atoms with Crippen LogP contribution in [0.3, 0.4) is 0 Å². The van der Waals surface area contributed by atoms with Gasteiger partial charge in [0.2, 0.25) is 0 Å². The number of nitrogens with zero attached hydrogens (tertiary/aromatic N) is 1. The van der Waals surface area contributed by atoms with Crippen LogP contribution in [-0.4, -0.2) is 43.2 Å². The topological polar surface area (TPSA) is 41.1 Å². The lowest BCUT2D eigenvalue weighted by Crippen LogP contribution is -2.65. The molecule has 2 amide bonds. The van der Waals surface area contributed by atoms with Gasteiger partial charge < -0.3 is 15.1 Å². The Labute approximate surface area is 153 Å². The fourth-order valence-electron chi connectivity index (χ4n) is 4.39. The summed E-state index contributed by atoms with van der Waals surface area (Å²) >= 11 is 0. The number of nitrogens with one attached hydrogen (secondary N) is 2. The van der Waals surface area contributed by atoms with E-state index in [2.05, 4.69) is 17.7 Å². The Hall–Kier alpha value is -2.40. The maximum Gasteiger partial charge on any atom is 0.319 e. The molecule has 3 fully saturated rings. The summed E-state index contributed by atoms with van der Waals surface area (Å²) in [4.78, 5) is 12.6. The van der Waals surface area contributed by atoms with Crippen molar-refractivity contribution >= 4 is 11.7 Å². The number of hydrogen-bond acceptors (Lipinski definition) is 1. The highest BCUT2D eigenvalue weighted by atomic mass is 19.1. The Morgan fingerprint density at radius 1 is 1.12 bits per heavy atom. The van der Waals surface area contributed by atoms with Crippen molar-refractivity contribution in [1.82, 2.24) is 5.32 Å². The lowest BCUT2D eigenvalue weighted by atomic mass is 9.82. The van der Waals surface area contributed by atoms with Crippen LogP contribution >= 0.6 is 0 Å². The van der Waals surface area contributed by atoms with E-state index < -0.39 is 0 Å². The lowest BCUT2D eigenvalue weighted by Gasteiger charge is -2.50. The Morgan fingerprint density at radius 3 is 2.54 bits per heavy atom. The third kappa shape index (κ3) is 3.44. The van der Waals surface area contributed by atoms with Gasteiger partial charge in [0.05, 0.1) is 38.4 Å². The zero-order valence-corrected chi connectivity index (χ0v) is 15.0. The molecule has 0 aromatic heterocycles. The summed E-state index contributed by atoms with van der Waals surface area (Å²) in [6, 6.07) is 14.0. The molecule has 0 aliphatic carbocycles. The number of halogens is 1. The molecule has 2 aromatic rings. The fourth-order valence-corrected chi connectivity index (χ4v) is 4.39. The van der Waals surface area contributed by atoms with Crippen LogP contribution in [0.2, 0.25) is 0 Å². The highest BCUT2D eigenvalue weighted by Gasteiger charge is 2.43. The molecule has 4 nitrogen and oxygen atoms in total. The molecule has 136 valence electrons. The van der Waals surface area contributed by atoms with Gasteiger partial charge in [0, 0.05) is 18.4 Å². The zero-order chi connectivity index (χ0) is 18.1. The highest BCUT2D eigenvalue weighted by molar-refractivity contribution is 5.94. The molecule has 3 aliphatic rings. The Kier molecular flexibility index (Phi) is 4.41. The Balaban J connectivity index is 1.50. The van der Waals surface area contributed by atoms with E-state index in [0.29, 0.717) is 17.2 Å². The number of piperidine rings is 3. The minimum atomic E-state index is -0.315. The maximum absolute atomic E-state index is 13.8. The number of benzene rings is 2. The van der Waals surface area contributed by atoms with Gasteiger partial charge >= 0.3 is 6.03 Å². The number of hydrogen-bond donors (Lipinski definition) is 2. The first-order chi connectivity index (χ1) is 12.5. The average Bonchev–Trinajstić information content (AvgIpc) is 2.64. The standard InChI is InChI=1S/C21H24FN3O/c1-25-11-9-16(10-12-25)20(14-25)24-21(26)23-19-8-7-17(22)13-18(19)15-5-3-2-4-6-15/h2-8,13,16,20H,9-12,14H2,1H3,(H-,23,24,26)/p+1/t16?,20-,25?/m0/s1. The molecule has 0 spiro atoms. The number of amides is 2. The van der Waals surface area contributed by atoms with Crippen LogP contribution in [0, 0.1) is 11.7 Å². The van der Waals surface area contributed by atoms with Gasteiger partial charge in [-0.2, -0.15) is 0 Å². The number of fused-ring (bicyclic) bond motifs is 3. The SMILES string of the molecule is C[N+]12CCC(CC1)[C@@H](NC(=O)Nc1ccc(F)cc1-c1ccccc1)C2. The maximum atomic E-state index is 13.8. The van der Waals surface area contributed by atoms with Crippen LogP contribution < -0.4 is 10.6 Å². The van der Waals surface area contributed by atoms with Crippen LogP contribution in [0.5, 0.6) is 0 Å². The molecule has 5 heteroatoms. The number of carbonyl (C=O) groups is 1. The van der Waals surface area contributed by atoms with E-state index in [1.54, 1.807) is 6.07 Å². The third-order valence-corrected chi connectivity index (χ3v) is 5.92. The molecule has 2 bridgehead atoms. The van der Waals surface area contributed by atoms with Crippen LogP contribution in [0.15, 0.2) is 48.5 Å². The van der Waals surface area contributed by atoms with Gasteiger partial charge in [-0.25, -0.2) is 9.18 Å². The van der Waals surface area contributed by atoms with E-state index in [1.165, 1.54) is 38.1 Å². The summed E-state index contributed by atoms with van der Waals surface area (Å²) < 4.78 is 14.8. The van der Waals surface area contributed by atoms with Crippen molar-refractivity contribution in [2.45, 2.75) is 18.9 Å². The number of rotatable bonds is 3. The second-order valence-corrected chi connectivity index (χ2v) is 7.85. The predicted molar refractivity (Wildman–Crippen MR) is 101 cm³/mol. The largest absolute Gasteiger partial charge is 0.329 e. The number of urea groups is 1. The molecule has 3 saturated heterocycles. The minimum Gasteiger partial charge on any atom is -0.329 e. The van der Waals surface area contributed by atoms with Gasteiger partial charge in [0.15, 0.2) is 0 Å². The highest BCUT2D eigenvalue weighted by Crippen LogP contribution is 2.33. The van der Waals surface area contributed by atoms with Crippen LogP contribution in [0.4, 0.5) is 14.9 Å². The number of carbonyl (C=O) groups excluding carboxylic acids is 1. The van der Waals surface area contributed by atoms with E-state index >= 15 is 0 Å². The summed E-state index contributed by atoms with van der Waals surface area (Å²) in [7, 11) is 2.27. The third-order valence-electron chi connectivity index (χ3n) is 5.92. The number of quaternary nitrogens is 1. The smallest absolute Gasteiger partial charge is 0.319 e. The van der Waals surface area contributed by atoms with E-state index in [1.807, 2.05) is 30.3 Å². The molecule has 3 heterocycles. The van der Waals surface area contributed by atoms with Crippen molar-refractivity contribution in [1.29, 1.82) is 0 Å². The molecule has 26 heavy (non-hydrogen) atoms. The molecular formula is C21H25FN3O+. The number of anilines is 1. The second kappa shape index (κ2) is 6.72. The molecule has 2 N–H and O–H groups in total. The van der Waals surface area contributed by atoms with Crippen molar-refractivity contribution in [3.63, 3.8) is 0 Å². The number of likely N-dealkylation sites (N-methyl/N-ethyl adjacent to an activating group) is 1. The van der Waals surface area contributed by atoms with E-state index in [9.17, 15) is 9.18 Å². The Morgan fingerprint density at radius 2 is 1.85 bits per heavy atom. The molecule has 2 aromatic carbocycles. The van der Waals surface area contributed by atoms with Crippen molar-refractivity contribution < 1.29 is 13.7 Å². The normalized spacial score (nSPS) is 27.2. The van der Waals surface area contributed by atoms with E-state index in [4.69, 9.17) is 0 Å². The second-order valence-electron chi connectivity index (χ2n) is 7.85. The molecule has 0 saturated carbocycles. The summed E-state index contributed by atoms with van der Waals surface area (Å²) in [6.07, 6.45) is 2.35. The minimum absolute atomic E-state index is 0.209. The van der Waals surface area contributed by atoms with Crippen molar-refractivity contribution in [3.8, 4) is 11.1 Å². The molecular weight excluding hydrogens is 329 g/mol. The molecule has 0 radical (unpaired) electrons. The van der Waals surface area contributed by atoms with Gasteiger partial charge in [-0.05, 0) is 29.7 Å². The lowest BCUT2D eigenvalue weighted by molar-refractivity contribution is -0.925. The van der Waals surface area contributed by atoms with E-state index in [-0.39, 0.29) is 17.9 Å². The fraction of sp³-hybridized carbons (Fsp3) is 0.381. The quantitative estimate of drug-likeness (QED) is 0.808. The zero-order valence-electron chi connectivity index (χ0n) is 15.0.